The van der Waals surface area contributed by atoms with Crippen LogP contribution < -0.4 is 11.0 Å². The van der Waals surface area contributed by atoms with E-state index < -0.39 is 30.5 Å². The Hall–Kier alpha value is -2.20. The van der Waals surface area contributed by atoms with Crippen molar-refractivity contribution in [3.63, 3.8) is 0 Å². The first-order valence-electron chi connectivity index (χ1n) is 10.6. The van der Waals surface area contributed by atoms with Gasteiger partial charge in [0.15, 0.2) is 0 Å². The van der Waals surface area contributed by atoms with Gasteiger partial charge in [0.05, 0.1) is 35.5 Å². The van der Waals surface area contributed by atoms with Crippen LogP contribution >= 0.6 is 11.6 Å². The molecule has 1 amide bonds. The molecular weight excluding hydrogens is 424 g/mol. The minimum Gasteiger partial charge on any atom is -0.394 e. The number of aromatic nitrogens is 3. The van der Waals surface area contributed by atoms with E-state index in [1.807, 2.05) is 0 Å². The average molecular weight is 453 g/mol. The Bertz CT molecular complexity index is 965. The number of aryl methyl sites for hydroxylation is 1. The lowest BCUT2D eigenvalue weighted by molar-refractivity contribution is 0.0532. The van der Waals surface area contributed by atoms with Gasteiger partial charge < -0.3 is 20.6 Å². The lowest BCUT2D eigenvalue weighted by Crippen LogP contribution is -2.40. The molecule has 1 aliphatic carbocycles. The standard InChI is InChI=1S/C21H29ClN4O5/c1-13-24-26(21(31)25(13)11-16(28)12-27)15-8-9-18(22)17(10-15)20(30)23-19(29)14-6-4-2-3-5-7-14/h8-10,14,16,19,27-29H,2-7,11-12H2,1H3,(H,23,30). The molecule has 1 aliphatic rings. The third kappa shape index (κ3) is 5.54. The molecule has 2 unspecified atom stereocenters. The van der Waals surface area contributed by atoms with Crippen LogP contribution in [0.5, 0.6) is 0 Å². The second-order valence-corrected chi connectivity index (χ2v) is 8.43. The molecule has 1 heterocycles. The van der Waals surface area contributed by atoms with E-state index >= 15 is 0 Å². The van der Waals surface area contributed by atoms with Gasteiger partial charge in [-0.1, -0.05) is 37.3 Å². The van der Waals surface area contributed by atoms with Gasteiger partial charge in [-0.15, -0.1) is 0 Å². The van der Waals surface area contributed by atoms with Gasteiger partial charge >= 0.3 is 5.69 Å². The van der Waals surface area contributed by atoms with E-state index in [9.17, 15) is 19.8 Å². The monoisotopic (exact) mass is 452 g/mol. The maximum absolute atomic E-state index is 12.8. The van der Waals surface area contributed by atoms with Gasteiger partial charge in [0.1, 0.15) is 12.1 Å². The Kier molecular flexibility index (Phi) is 7.88. The number of benzene rings is 1. The normalized spacial score (nSPS) is 17.2. The van der Waals surface area contributed by atoms with Crippen molar-refractivity contribution in [1.82, 2.24) is 19.7 Å². The highest BCUT2D eigenvalue weighted by atomic mass is 35.5. The second-order valence-electron chi connectivity index (χ2n) is 8.02. The number of rotatable bonds is 7. The molecule has 4 N–H and O–H groups in total. The smallest absolute Gasteiger partial charge is 0.350 e. The molecule has 170 valence electrons. The van der Waals surface area contributed by atoms with Gasteiger partial charge in [0.25, 0.3) is 5.91 Å². The van der Waals surface area contributed by atoms with Gasteiger partial charge in [-0.3, -0.25) is 9.36 Å². The zero-order chi connectivity index (χ0) is 22.5. The zero-order valence-corrected chi connectivity index (χ0v) is 18.3. The third-order valence-corrected chi connectivity index (χ3v) is 6.05. The fraction of sp³-hybridized carbons (Fsp3) is 0.571. The van der Waals surface area contributed by atoms with E-state index in [1.54, 1.807) is 13.0 Å². The second kappa shape index (κ2) is 10.4. The Morgan fingerprint density at radius 1 is 1.26 bits per heavy atom. The van der Waals surface area contributed by atoms with Crippen molar-refractivity contribution in [2.45, 2.75) is 64.3 Å². The zero-order valence-electron chi connectivity index (χ0n) is 17.5. The molecule has 2 aromatic rings. The number of carbonyl (C=O) groups is 1. The van der Waals surface area contributed by atoms with E-state index in [4.69, 9.17) is 16.7 Å². The minimum absolute atomic E-state index is 0.00679. The van der Waals surface area contributed by atoms with Crippen molar-refractivity contribution >= 4 is 17.5 Å². The first kappa shape index (κ1) is 23.5. The fourth-order valence-electron chi connectivity index (χ4n) is 3.92. The van der Waals surface area contributed by atoms with Gasteiger partial charge in [-0.05, 0) is 38.0 Å². The summed E-state index contributed by atoms with van der Waals surface area (Å²) < 4.78 is 2.35. The van der Waals surface area contributed by atoms with Gasteiger partial charge in [-0.25, -0.2) is 4.79 Å². The summed E-state index contributed by atoms with van der Waals surface area (Å²) in [6.45, 7) is 1.02. The van der Waals surface area contributed by atoms with Crippen LogP contribution in [0.25, 0.3) is 5.69 Å². The van der Waals surface area contributed by atoms with Crippen molar-refractivity contribution in [3.8, 4) is 5.69 Å². The van der Waals surface area contributed by atoms with Crippen molar-refractivity contribution in [3.05, 3.63) is 45.1 Å². The fourth-order valence-corrected chi connectivity index (χ4v) is 4.12. The lowest BCUT2D eigenvalue weighted by Gasteiger charge is -2.22. The van der Waals surface area contributed by atoms with Crippen molar-refractivity contribution < 1.29 is 20.1 Å². The molecule has 0 bridgehead atoms. The van der Waals surface area contributed by atoms with Crippen LogP contribution in [0, 0.1) is 12.8 Å². The number of aliphatic hydroxyl groups excluding tert-OH is 3. The highest BCUT2D eigenvalue weighted by Gasteiger charge is 2.24. The summed E-state index contributed by atoms with van der Waals surface area (Å²) in [5, 5.41) is 36.2. The maximum Gasteiger partial charge on any atom is 0.350 e. The Labute approximate surface area is 185 Å². The van der Waals surface area contributed by atoms with E-state index in [-0.39, 0.29) is 23.0 Å². The number of halogens is 1. The van der Waals surface area contributed by atoms with Gasteiger partial charge in [0, 0.05) is 5.92 Å². The highest BCUT2D eigenvalue weighted by Crippen LogP contribution is 2.25. The van der Waals surface area contributed by atoms with E-state index in [0.29, 0.717) is 11.5 Å². The number of nitrogens with zero attached hydrogens (tertiary/aromatic N) is 3. The first-order valence-corrected chi connectivity index (χ1v) is 10.9. The number of hydrogen-bond acceptors (Lipinski definition) is 6. The summed E-state index contributed by atoms with van der Waals surface area (Å²) in [6, 6.07) is 4.49. The lowest BCUT2D eigenvalue weighted by atomic mass is 9.98. The topological polar surface area (TPSA) is 130 Å². The summed E-state index contributed by atoms with van der Waals surface area (Å²) in [4.78, 5) is 25.5. The highest BCUT2D eigenvalue weighted by molar-refractivity contribution is 6.33. The largest absolute Gasteiger partial charge is 0.394 e. The summed E-state index contributed by atoms with van der Waals surface area (Å²) in [5.41, 5.74) is -0.0673. The molecular formula is C21H29ClN4O5. The number of nitrogens with one attached hydrogen (secondary N) is 1. The van der Waals surface area contributed by atoms with Crippen LogP contribution in [0.15, 0.2) is 23.0 Å². The number of carbonyl (C=O) groups excluding carboxylic acids is 1. The van der Waals surface area contributed by atoms with Crippen molar-refractivity contribution in [1.29, 1.82) is 0 Å². The molecule has 10 heteroatoms. The Morgan fingerprint density at radius 3 is 2.58 bits per heavy atom. The van der Waals surface area contributed by atoms with Gasteiger partial charge in [-0.2, -0.15) is 9.78 Å². The Balaban J connectivity index is 1.82. The molecule has 1 fully saturated rings. The van der Waals surface area contributed by atoms with Crippen LogP contribution in [-0.2, 0) is 6.54 Å². The molecule has 0 spiro atoms. The van der Waals surface area contributed by atoms with Crippen LogP contribution in [-0.4, -0.2) is 54.5 Å². The number of amides is 1. The summed E-state index contributed by atoms with van der Waals surface area (Å²) in [6.07, 6.45) is 4.01. The van der Waals surface area contributed by atoms with Crippen LogP contribution in [0.1, 0.15) is 54.7 Å². The molecule has 1 aromatic carbocycles. The third-order valence-electron chi connectivity index (χ3n) is 5.72. The molecule has 9 nitrogen and oxygen atoms in total. The molecule has 31 heavy (non-hydrogen) atoms. The molecule has 0 aliphatic heterocycles. The van der Waals surface area contributed by atoms with Crippen LogP contribution in [0.2, 0.25) is 5.02 Å². The molecule has 0 saturated heterocycles. The Morgan fingerprint density at radius 2 is 1.94 bits per heavy atom. The predicted octanol–water partition coefficient (Wildman–Crippen LogP) is 1.37. The van der Waals surface area contributed by atoms with E-state index in [2.05, 4.69) is 10.4 Å². The summed E-state index contributed by atoms with van der Waals surface area (Å²) >= 11 is 6.22. The van der Waals surface area contributed by atoms with Gasteiger partial charge in [0.2, 0.25) is 0 Å². The quantitative estimate of drug-likeness (QED) is 0.371. The molecule has 3 rings (SSSR count). The minimum atomic E-state index is -1.09. The number of hydrogen-bond donors (Lipinski definition) is 4. The van der Waals surface area contributed by atoms with E-state index in [0.717, 1.165) is 43.2 Å². The molecule has 1 aromatic heterocycles. The van der Waals surface area contributed by atoms with Crippen molar-refractivity contribution in [2.75, 3.05) is 6.61 Å². The SMILES string of the molecule is Cc1nn(-c2ccc(Cl)c(C(=O)NC(O)C3CCCCCC3)c2)c(=O)n1CC(O)CO. The van der Waals surface area contributed by atoms with Crippen LogP contribution in [0.3, 0.4) is 0 Å². The summed E-state index contributed by atoms with van der Waals surface area (Å²) in [5.74, 6) is -0.168. The molecule has 2 atom stereocenters. The molecule has 1 saturated carbocycles. The first-order chi connectivity index (χ1) is 14.8. The van der Waals surface area contributed by atoms with Crippen molar-refractivity contribution in [2.24, 2.45) is 5.92 Å². The van der Waals surface area contributed by atoms with Crippen LogP contribution in [0.4, 0.5) is 0 Å². The molecule has 0 radical (unpaired) electrons. The van der Waals surface area contributed by atoms with E-state index in [1.165, 1.54) is 16.7 Å². The number of aliphatic hydroxyl groups is 3. The maximum atomic E-state index is 12.8. The average Bonchev–Trinajstić information content (AvgIpc) is 2.94. The predicted molar refractivity (Wildman–Crippen MR) is 115 cm³/mol. The summed E-state index contributed by atoms with van der Waals surface area (Å²) in [7, 11) is 0.